The molecule has 1 saturated heterocycles. The van der Waals surface area contributed by atoms with E-state index in [-0.39, 0.29) is 23.8 Å². The summed E-state index contributed by atoms with van der Waals surface area (Å²) in [6.45, 7) is 10.3. The molecule has 6 nitrogen and oxygen atoms in total. The van der Waals surface area contributed by atoms with Crippen LogP contribution in [0.5, 0.6) is 5.75 Å². The number of hydrogen-bond donors (Lipinski definition) is 1. The van der Waals surface area contributed by atoms with E-state index in [1.54, 1.807) is 7.11 Å². The minimum Gasteiger partial charge on any atom is -0.497 e. The van der Waals surface area contributed by atoms with Crippen LogP contribution in [0, 0.1) is 12.8 Å². The van der Waals surface area contributed by atoms with Gasteiger partial charge in [0.05, 0.1) is 7.11 Å². The zero-order chi connectivity index (χ0) is 29.2. The van der Waals surface area contributed by atoms with Crippen molar-refractivity contribution in [2.24, 2.45) is 5.92 Å². The summed E-state index contributed by atoms with van der Waals surface area (Å²) in [6.07, 6.45) is 3.66. The molecule has 0 bridgehead atoms. The van der Waals surface area contributed by atoms with Gasteiger partial charge in [-0.2, -0.15) is 0 Å². The molecular weight excluding hydrogens is 510 g/mol. The van der Waals surface area contributed by atoms with Crippen molar-refractivity contribution in [3.05, 3.63) is 101 Å². The van der Waals surface area contributed by atoms with Crippen molar-refractivity contribution in [1.82, 2.24) is 15.1 Å². The highest BCUT2D eigenvalue weighted by Gasteiger charge is 2.31. The predicted octanol–water partition coefficient (Wildman–Crippen LogP) is 6.36. The Balaban J connectivity index is 1.37. The topological polar surface area (TPSA) is 61.9 Å². The standard InChI is InChI=1S/C35H45N3O3/c1-5-30(6-2)35(40)38(32-19-21-37(22-20-32)24-28-9-7-26(3)8-10-28)25-29-11-15-31(16-12-29)34(39)36-23-27-13-17-33(41-4)18-14-27/h7-18,30,32H,5-6,19-25H2,1-4H3,(H,36,39). The number of nitrogens with zero attached hydrogens (tertiary/aromatic N) is 2. The Hall–Kier alpha value is -3.64. The van der Waals surface area contributed by atoms with Gasteiger partial charge in [0.15, 0.2) is 0 Å². The van der Waals surface area contributed by atoms with Crippen LogP contribution in [0.3, 0.4) is 0 Å². The summed E-state index contributed by atoms with van der Waals surface area (Å²) >= 11 is 0. The first-order chi connectivity index (χ1) is 19.9. The summed E-state index contributed by atoms with van der Waals surface area (Å²) < 4.78 is 5.20. The van der Waals surface area contributed by atoms with Crippen LogP contribution in [0.4, 0.5) is 0 Å². The first-order valence-corrected chi connectivity index (χ1v) is 15.0. The zero-order valence-corrected chi connectivity index (χ0v) is 25.1. The number of benzene rings is 3. The third-order valence-corrected chi connectivity index (χ3v) is 8.32. The van der Waals surface area contributed by atoms with Gasteiger partial charge in [0.2, 0.25) is 5.91 Å². The number of likely N-dealkylation sites (tertiary alicyclic amines) is 1. The number of hydrogen-bond acceptors (Lipinski definition) is 4. The quantitative estimate of drug-likeness (QED) is 0.282. The number of methoxy groups -OCH3 is 1. The van der Waals surface area contributed by atoms with Gasteiger partial charge in [0.1, 0.15) is 5.75 Å². The summed E-state index contributed by atoms with van der Waals surface area (Å²) in [7, 11) is 1.64. The number of nitrogens with one attached hydrogen (secondary N) is 1. The molecule has 1 aliphatic rings. The Labute approximate surface area is 245 Å². The molecule has 1 N–H and O–H groups in total. The van der Waals surface area contributed by atoms with Crippen molar-refractivity contribution in [2.75, 3.05) is 20.2 Å². The molecule has 2 amide bonds. The molecule has 1 aliphatic heterocycles. The molecule has 0 unspecified atom stereocenters. The molecule has 218 valence electrons. The normalized spacial score (nSPS) is 14.2. The largest absolute Gasteiger partial charge is 0.497 e. The molecule has 1 heterocycles. The van der Waals surface area contributed by atoms with Gasteiger partial charge in [-0.05, 0) is 73.6 Å². The number of carbonyl (C=O) groups excluding carboxylic acids is 2. The summed E-state index contributed by atoms with van der Waals surface area (Å²) in [5, 5.41) is 2.99. The molecule has 0 aromatic heterocycles. The van der Waals surface area contributed by atoms with E-state index in [9.17, 15) is 9.59 Å². The summed E-state index contributed by atoms with van der Waals surface area (Å²) in [6, 6.07) is 24.4. The van der Waals surface area contributed by atoms with Crippen LogP contribution in [0.2, 0.25) is 0 Å². The third kappa shape index (κ3) is 8.43. The highest BCUT2D eigenvalue weighted by atomic mass is 16.5. The van der Waals surface area contributed by atoms with E-state index in [1.165, 1.54) is 11.1 Å². The molecule has 0 atom stereocenters. The van der Waals surface area contributed by atoms with E-state index in [4.69, 9.17) is 4.74 Å². The van der Waals surface area contributed by atoms with Crippen molar-refractivity contribution >= 4 is 11.8 Å². The van der Waals surface area contributed by atoms with E-state index in [2.05, 4.69) is 60.2 Å². The highest BCUT2D eigenvalue weighted by Crippen LogP contribution is 2.25. The second-order valence-corrected chi connectivity index (χ2v) is 11.2. The minimum absolute atomic E-state index is 0.0450. The Morgan fingerprint density at radius 3 is 2.05 bits per heavy atom. The van der Waals surface area contributed by atoms with Gasteiger partial charge < -0.3 is 15.0 Å². The Bertz CT molecular complexity index is 1240. The molecule has 0 spiro atoms. The Morgan fingerprint density at radius 1 is 0.878 bits per heavy atom. The lowest BCUT2D eigenvalue weighted by atomic mass is 9.96. The highest BCUT2D eigenvalue weighted by molar-refractivity contribution is 5.94. The van der Waals surface area contributed by atoms with Crippen LogP contribution in [0.25, 0.3) is 0 Å². The lowest BCUT2D eigenvalue weighted by Gasteiger charge is -2.40. The van der Waals surface area contributed by atoms with E-state index in [0.717, 1.165) is 62.2 Å². The Morgan fingerprint density at radius 2 is 1.46 bits per heavy atom. The van der Waals surface area contributed by atoms with Gasteiger partial charge in [-0.1, -0.05) is 67.9 Å². The van der Waals surface area contributed by atoms with Crippen LogP contribution in [0.15, 0.2) is 72.8 Å². The van der Waals surface area contributed by atoms with Crippen LogP contribution < -0.4 is 10.1 Å². The molecular formula is C35H45N3O3. The average Bonchev–Trinajstić information content (AvgIpc) is 3.01. The van der Waals surface area contributed by atoms with E-state index in [1.807, 2.05) is 48.5 Å². The minimum atomic E-state index is -0.113. The van der Waals surface area contributed by atoms with E-state index in [0.29, 0.717) is 18.7 Å². The first kappa shape index (κ1) is 30.3. The maximum absolute atomic E-state index is 13.7. The van der Waals surface area contributed by atoms with Crippen molar-refractivity contribution in [1.29, 1.82) is 0 Å². The van der Waals surface area contributed by atoms with Crippen molar-refractivity contribution < 1.29 is 14.3 Å². The van der Waals surface area contributed by atoms with Gasteiger partial charge in [-0.15, -0.1) is 0 Å². The van der Waals surface area contributed by atoms with Crippen LogP contribution in [-0.2, 0) is 24.4 Å². The second-order valence-electron chi connectivity index (χ2n) is 11.2. The fourth-order valence-corrected chi connectivity index (χ4v) is 5.59. The lowest BCUT2D eigenvalue weighted by molar-refractivity contribution is -0.140. The van der Waals surface area contributed by atoms with E-state index >= 15 is 0 Å². The maximum atomic E-state index is 13.7. The first-order valence-electron chi connectivity index (χ1n) is 15.0. The number of ether oxygens (including phenoxy) is 1. The Kier molecular flexibility index (Phi) is 11.0. The molecule has 3 aromatic carbocycles. The van der Waals surface area contributed by atoms with Gasteiger partial charge in [0, 0.05) is 50.2 Å². The molecule has 41 heavy (non-hydrogen) atoms. The van der Waals surface area contributed by atoms with Crippen LogP contribution in [-0.4, -0.2) is 47.9 Å². The molecule has 1 fully saturated rings. The maximum Gasteiger partial charge on any atom is 0.251 e. The molecule has 0 radical (unpaired) electrons. The van der Waals surface area contributed by atoms with Crippen LogP contribution >= 0.6 is 0 Å². The van der Waals surface area contributed by atoms with Crippen molar-refractivity contribution in [3.8, 4) is 5.75 Å². The third-order valence-electron chi connectivity index (χ3n) is 8.32. The van der Waals surface area contributed by atoms with Crippen molar-refractivity contribution in [3.63, 3.8) is 0 Å². The number of aryl methyl sites for hydroxylation is 1. The van der Waals surface area contributed by atoms with Gasteiger partial charge in [0.25, 0.3) is 5.91 Å². The van der Waals surface area contributed by atoms with Gasteiger partial charge in [-0.25, -0.2) is 0 Å². The molecule has 0 saturated carbocycles. The lowest BCUT2D eigenvalue weighted by Crippen LogP contribution is -2.48. The average molecular weight is 556 g/mol. The zero-order valence-electron chi connectivity index (χ0n) is 25.1. The molecule has 3 aromatic rings. The molecule has 6 heteroatoms. The second kappa shape index (κ2) is 14.8. The molecule has 4 rings (SSSR count). The fraction of sp³-hybridized carbons (Fsp3) is 0.429. The molecule has 0 aliphatic carbocycles. The summed E-state index contributed by atoms with van der Waals surface area (Å²) in [5.74, 6) is 0.982. The van der Waals surface area contributed by atoms with Gasteiger partial charge in [-0.3, -0.25) is 14.5 Å². The number of piperidine rings is 1. The number of amides is 2. The number of rotatable bonds is 12. The van der Waals surface area contributed by atoms with E-state index < -0.39 is 0 Å². The van der Waals surface area contributed by atoms with Crippen LogP contribution in [0.1, 0.15) is 72.1 Å². The fourth-order valence-electron chi connectivity index (χ4n) is 5.59. The summed E-state index contributed by atoms with van der Waals surface area (Å²) in [4.78, 5) is 31.1. The van der Waals surface area contributed by atoms with Gasteiger partial charge >= 0.3 is 0 Å². The monoisotopic (exact) mass is 555 g/mol. The van der Waals surface area contributed by atoms with Crippen molar-refractivity contribution in [2.45, 2.75) is 72.1 Å². The predicted molar refractivity (Wildman–Crippen MR) is 165 cm³/mol. The smallest absolute Gasteiger partial charge is 0.251 e. The number of carbonyl (C=O) groups is 2. The SMILES string of the molecule is CCC(CC)C(=O)N(Cc1ccc(C(=O)NCc2ccc(OC)cc2)cc1)C1CCN(Cc2ccc(C)cc2)CC1. The summed E-state index contributed by atoms with van der Waals surface area (Å²) in [5.41, 5.74) is 5.30.